The quantitative estimate of drug-likeness (QED) is 0.895. The molecule has 0 aliphatic heterocycles. The van der Waals surface area contributed by atoms with Crippen LogP contribution in [0.25, 0.3) is 0 Å². The van der Waals surface area contributed by atoms with Gasteiger partial charge in [0.1, 0.15) is 11.8 Å². The number of ether oxygens (including phenoxy) is 1. The molecule has 0 saturated heterocycles. The molecule has 0 radical (unpaired) electrons. The second-order valence-corrected chi connectivity index (χ2v) is 4.68. The van der Waals surface area contributed by atoms with Gasteiger partial charge in [-0.25, -0.2) is 0 Å². The summed E-state index contributed by atoms with van der Waals surface area (Å²) in [5.41, 5.74) is 2.04. The van der Waals surface area contributed by atoms with Crippen molar-refractivity contribution in [2.75, 3.05) is 12.4 Å². The molecule has 2 atom stereocenters. The third kappa shape index (κ3) is 3.30. The van der Waals surface area contributed by atoms with Crippen LogP contribution in [0.1, 0.15) is 18.4 Å². The van der Waals surface area contributed by atoms with Crippen LogP contribution in [0.3, 0.4) is 0 Å². The van der Waals surface area contributed by atoms with Crippen LogP contribution in [0, 0.1) is 11.3 Å². The lowest BCUT2D eigenvalue weighted by atomic mass is 9.94. The Hall–Kier alpha value is -2.47. The average Bonchev–Trinajstić information content (AvgIpc) is 2.53. The Morgan fingerprint density at radius 2 is 1.85 bits per heavy atom. The Labute approximate surface area is 119 Å². The van der Waals surface area contributed by atoms with Gasteiger partial charge in [-0.05, 0) is 17.7 Å². The zero-order valence-corrected chi connectivity index (χ0v) is 11.7. The van der Waals surface area contributed by atoms with E-state index >= 15 is 0 Å². The van der Waals surface area contributed by atoms with Gasteiger partial charge in [-0.2, -0.15) is 5.26 Å². The van der Waals surface area contributed by atoms with Crippen LogP contribution in [0.4, 0.5) is 5.69 Å². The Morgan fingerprint density at radius 1 is 1.10 bits per heavy atom. The number of hydrogen-bond acceptors (Lipinski definition) is 3. The summed E-state index contributed by atoms with van der Waals surface area (Å²) in [5, 5.41) is 12.7. The van der Waals surface area contributed by atoms with Crippen molar-refractivity contribution in [1.29, 1.82) is 5.26 Å². The van der Waals surface area contributed by atoms with Crippen molar-refractivity contribution in [3.63, 3.8) is 0 Å². The lowest BCUT2D eigenvalue weighted by molar-refractivity contribution is 0.415. The maximum Gasteiger partial charge on any atom is 0.121 e. The molecule has 0 fully saturated rings. The molecule has 3 nitrogen and oxygen atoms in total. The van der Waals surface area contributed by atoms with Crippen LogP contribution in [0.5, 0.6) is 5.75 Å². The number of benzene rings is 2. The SMILES string of the molecule is COc1cccc(NC(C#N)C(C)c2ccccc2)c1. The lowest BCUT2D eigenvalue weighted by Crippen LogP contribution is -2.24. The van der Waals surface area contributed by atoms with Crippen LogP contribution < -0.4 is 10.1 Å². The Balaban J connectivity index is 2.15. The van der Waals surface area contributed by atoms with Crippen molar-refractivity contribution < 1.29 is 4.74 Å². The van der Waals surface area contributed by atoms with Gasteiger partial charge < -0.3 is 10.1 Å². The molecular formula is C17H18N2O. The lowest BCUT2D eigenvalue weighted by Gasteiger charge is -2.20. The molecule has 0 saturated carbocycles. The van der Waals surface area contributed by atoms with E-state index in [0.717, 1.165) is 17.0 Å². The fourth-order valence-electron chi connectivity index (χ4n) is 2.11. The van der Waals surface area contributed by atoms with Crippen molar-refractivity contribution in [1.82, 2.24) is 0 Å². The van der Waals surface area contributed by atoms with Gasteiger partial charge in [-0.1, -0.05) is 43.3 Å². The topological polar surface area (TPSA) is 45.0 Å². The highest BCUT2D eigenvalue weighted by molar-refractivity contribution is 5.50. The van der Waals surface area contributed by atoms with E-state index < -0.39 is 0 Å². The third-order valence-electron chi connectivity index (χ3n) is 3.36. The molecule has 2 unspecified atom stereocenters. The average molecular weight is 266 g/mol. The van der Waals surface area contributed by atoms with Gasteiger partial charge in [0.2, 0.25) is 0 Å². The third-order valence-corrected chi connectivity index (χ3v) is 3.36. The summed E-state index contributed by atoms with van der Waals surface area (Å²) in [5.74, 6) is 0.881. The van der Waals surface area contributed by atoms with Gasteiger partial charge in [0.25, 0.3) is 0 Å². The number of rotatable bonds is 5. The molecule has 2 rings (SSSR count). The van der Waals surface area contributed by atoms with Crippen LogP contribution in [-0.2, 0) is 0 Å². The normalized spacial score (nSPS) is 13.1. The van der Waals surface area contributed by atoms with E-state index in [1.165, 1.54) is 0 Å². The first kappa shape index (κ1) is 14.0. The van der Waals surface area contributed by atoms with Crippen molar-refractivity contribution in [2.45, 2.75) is 18.9 Å². The molecule has 20 heavy (non-hydrogen) atoms. The highest BCUT2D eigenvalue weighted by Crippen LogP contribution is 2.23. The van der Waals surface area contributed by atoms with Crippen molar-refractivity contribution >= 4 is 5.69 Å². The smallest absolute Gasteiger partial charge is 0.121 e. The Morgan fingerprint density at radius 3 is 2.50 bits per heavy atom. The predicted molar refractivity (Wildman–Crippen MR) is 80.9 cm³/mol. The minimum absolute atomic E-state index is 0.104. The van der Waals surface area contributed by atoms with E-state index in [1.807, 2.05) is 54.6 Å². The number of anilines is 1. The van der Waals surface area contributed by atoms with E-state index in [-0.39, 0.29) is 12.0 Å². The number of hydrogen-bond donors (Lipinski definition) is 1. The summed E-state index contributed by atoms with van der Waals surface area (Å²) in [6, 6.07) is 19.7. The molecule has 0 aliphatic carbocycles. The summed E-state index contributed by atoms with van der Waals surface area (Å²) in [6.45, 7) is 2.05. The second kappa shape index (κ2) is 6.63. The van der Waals surface area contributed by atoms with E-state index in [9.17, 15) is 5.26 Å². The van der Waals surface area contributed by atoms with Crippen LogP contribution >= 0.6 is 0 Å². The molecule has 0 aliphatic rings. The first-order valence-corrected chi connectivity index (χ1v) is 6.59. The van der Waals surface area contributed by atoms with Gasteiger partial charge in [0.15, 0.2) is 0 Å². The Kier molecular flexibility index (Phi) is 4.62. The maximum absolute atomic E-state index is 9.40. The zero-order valence-electron chi connectivity index (χ0n) is 11.7. The van der Waals surface area contributed by atoms with E-state index in [1.54, 1.807) is 7.11 Å². The fraction of sp³-hybridized carbons (Fsp3) is 0.235. The molecule has 102 valence electrons. The van der Waals surface area contributed by atoms with E-state index in [0.29, 0.717) is 0 Å². The molecule has 0 spiro atoms. The molecule has 2 aromatic rings. The molecule has 0 bridgehead atoms. The second-order valence-electron chi connectivity index (χ2n) is 4.68. The van der Waals surface area contributed by atoms with Crippen LogP contribution in [-0.4, -0.2) is 13.2 Å². The minimum Gasteiger partial charge on any atom is -0.497 e. The van der Waals surface area contributed by atoms with E-state index in [4.69, 9.17) is 4.74 Å². The van der Waals surface area contributed by atoms with Gasteiger partial charge >= 0.3 is 0 Å². The molecule has 3 heteroatoms. The molecule has 0 amide bonds. The zero-order chi connectivity index (χ0) is 14.4. The molecule has 2 aromatic carbocycles. The summed E-state index contributed by atoms with van der Waals surface area (Å²) in [6.07, 6.45) is 0. The number of methoxy groups -OCH3 is 1. The van der Waals surface area contributed by atoms with E-state index in [2.05, 4.69) is 18.3 Å². The van der Waals surface area contributed by atoms with Crippen molar-refractivity contribution in [3.8, 4) is 11.8 Å². The summed E-state index contributed by atoms with van der Waals surface area (Å²) in [7, 11) is 1.63. The van der Waals surface area contributed by atoms with Gasteiger partial charge in [-0.15, -0.1) is 0 Å². The minimum atomic E-state index is -0.287. The van der Waals surface area contributed by atoms with Gasteiger partial charge in [0, 0.05) is 17.7 Å². The molecular weight excluding hydrogens is 248 g/mol. The fourth-order valence-corrected chi connectivity index (χ4v) is 2.11. The first-order chi connectivity index (χ1) is 9.74. The summed E-state index contributed by atoms with van der Waals surface area (Å²) < 4.78 is 5.19. The molecule has 1 N–H and O–H groups in total. The summed E-state index contributed by atoms with van der Waals surface area (Å²) in [4.78, 5) is 0. The standard InChI is InChI=1S/C17H18N2O/c1-13(14-7-4-3-5-8-14)17(12-18)19-15-9-6-10-16(11-15)20-2/h3-11,13,17,19H,1-2H3. The van der Waals surface area contributed by atoms with Crippen molar-refractivity contribution in [2.24, 2.45) is 0 Å². The molecule has 0 heterocycles. The highest BCUT2D eigenvalue weighted by Gasteiger charge is 2.18. The number of nitriles is 1. The number of nitrogens with one attached hydrogen (secondary N) is 1. The van der Waals surface area contributed by atoms with Gasteiger partial charge in [0.05, 0.1) is 13.2 Å². The highest BCUT2D eigenvalue weighted by atomic mass is 16.5. The maximum atomic E-state index is 9.40. The predicted octanol–water partition coefficient (Wildman–Crippen LogP) is 3.80. The van der Waals surface area contributed by atoms with Crippen molar-refractivity contribution in [3.05, 3.63) is 60.2 Å². The first-order valence-electron chi connectivity index (χ1n) is 6.59. The largest absolute Gasteiger partial charge is 0.497 e. The Bertz CT molecular complexity index is 589. The van der Waals surface area contributed by atoms with Crippen LogP contribution in [0.2, 0.25) is 0 Å². The molecule has 0 aromatic heterocycles. The summed E-state index contributed by atoms with van der Waals surface area (Å²) >= 11 is 0. The number of nitrogens with zero attached hydrogens (tertiary/aromatic N) is 1. The van der Waals surface area contributed by atoms with Crippen LogP contribution in [0.15, 0.2) is 54.6 Å². The monoisotopic (exact) mass is 266 g/mol. The van der Waals surface area contributed by atoms with Gasteiger partial charge in [-0.3, -0.25) is 0 Å².